The Balaban J connectivity index is 1.94. The van der Waals surface area contributed by atoms with Crippen molar-refractivity contribution in [1.82, 2.24) is 9.88 Å². The second-order valence-electron chi connectivity index (χ2n) is 5.42. The largest absolute Gasteiger partial charge is 0.396 e. The van der Waals surface area contributed by atoms with Crippen LogP contribution in [0.5, 0.6) is 0 Å². The summed E-state index contributed by atoms with van der Waals surface area (Å²) in [5.41, 5.74) is 5.92. The molecule has 1 aromatic rings. The molecule has 118 valence electrons. The Morgan fingerprint density at radius 3 is 2.76 bits per heavy atom. The van der Waals surface area contributed by atoms with E-state index in [-0.39, 0.29) is 12.5 Å². The number of amides is 1. The molecule has 1 aromatic heterocycles. The number of aliphatic hydroxyl groups is 1. The number of hydrogen-bond donors (Lipinski definition) is 2. The van der Waals surface area contributed by atoms with Gasteiger partial charge < -0.3 is 20.6 Å². The van der Waals surface area contributed by atoms with Gasteiger partial charge in [0, 0.05) is 33.3 Å². The molecular weight excluding hydrogens is 288 g/mol. The fraction of sp³-hybridized carbons (Fsp3) is 0.714. The molecule has 0 radical (unpaired) electrons. The Morgan fingerprint density at radius 1 is 1.38 bits per heavy atom. The fourth-order valence-electron chi connectivity index (χ4n) is 2.43. The molecule has 0 unspecified atom stereocenters. The van der Waals surface area contributed by atoms with E-state index in [9.17, 15) is 4.79 Å². The Kier molecular flexibility index (Phi) is 5.81. The average molecular weight is 312 g/mol. The van der Waals surface area contributed by atoms with Crippen LogP contribution in [-0.2, 0) is 0 Å². The van der Waals surface area contributed by atoms with Crippen LogP contribution < -0.4 is 10.6 Å². The number of aromatic nitrogens is 1. The summed E-state index contributed by atoms with van der Waals surface area (Å²) in [6.45, 7) is 2.88. The third-order valence-electron chi connectivity index (χ3n) is 3.71. The number of hydrogen-bond acceptors (Lipinski definition) is 6. The normalized spacial score (nSPS) is 14.7. The molecule has 1 saturated heterocycles. The van der Waals surface area contributed by atoms with E-state index in [1.807, 2.05) is 0 Å². The van der Waals surface area contributed by atoms with Crippen LogP contribution in [-0.4, -0.2) is 54.2 Å². The summed E-state index contributed by atoms with van der Waals surface area (Å²) in [5.74, 6) is 0.286. The summed E-state index contributed by atoms with van der Waals surface area (Å²) >= 11 is 1.40. The minimum Gasteiger partial charge on any atom is -0.396 e. The number of nitrogens with two attached hydrogens (primary N) is 1. The number of unbranched alkanes of at least 4 members (excludes halogenated alkanes) is 2. The summed E-state index contributed by atoms with van der Waals surface area (Å²) in [6, 6.07) is 0. The van der Waals surface area contributed by atoms with E-state index < -0.39 is 0 Å². The summed E-state index contributed by atoms with van der Waals surface area (Å²) in [5, 5.41) is 9.62. The molecule has 21 heavy (non-hydrogen) atoms. The van der Waals surface area contributed by atoms with E-state index in [2.05, 4.69) is 9.88 Å². The van der Waals surface area contributed by atoms with Gasteiger partial charge in [-0.3, -0.25) is 4.79 Å². The van der Waals surface area contributed by atoms with Crippen LogP contribution in [0.1, 0.15) is 41.8 Å². The van der Waals surface area contributed by atoms with E-state index >= 15 is 0 Å². The molecule has 3 N–H and O–H groups in total. The van der Waals surface area contributed by atoms with Gasteiger partial charge in [0.25, 0.3) is 5.91 Å². The lowest BCUT2D eigenvalue weighted by Crippen LogP contribution is -2.27. The highest BCUT2D eigenvalue weighted by atomic mass is 32.1. The molecule has 0 saturated carbocycles. The van der Waals surface area contributed by atoms with Crippen molar-refractivity contribution in [2.75, 3.05) is 43.9 Å². The molecule has 7 heteroatoms. The zero-order valence-corrected chi connectivity index (χ0v) is 13.4. The molecule has 1 fully saturated rings. The molecule has 1 aliphatic rings. The van der Waals surface area contributed by atoms with Gasteiger partial charge >= 0.3 is 0 Å². The van der Waals surface area contributed by atoms with Gasteiger partial charge in [-0.25, -0.2) is 4.98 Å². The van der Waals surface area contributed by atoms with E-state index in [4.69, 9.17) is 10.8 Å². The predicted molar refractivity (Wildman–Crippen MR) is 85.9 cm³/mol. The van der Waals surface area contributed by atoms with Crippen molar-refractivity contribution in [2.24, 2.45) is 0 Å². The lowest BCUT2D eigenvalue weighted by atomic mass is 10.2. The smallest absolute Gasteiger partial charge is 0.267 e. The fourth-order valence-corrected chi connectivity index (χ4v) is 3.46. The standard InChI is InChI=1S/C14H24N4O2S/c1-17(7-3-2-6-10-19)13(20)11-12(15)16-14(21-11)18-8-4-5-9-18/h19H,2-10,15H2,1H3. The van der Waals surface area contributed by atoms with Crippen molar-refractivity contribution >= 4 is 28.2 Å². The first kappa shape index (κ1) is 16.0. The molecule has 0 spiro atoms. The van der Waals surface area contributed by atoms with Crippen LogP contribution in [0.4, 0.5) is 10.9 Å². The molecule has 2 rings (SSSR count). The molecule has 0 aliphatic carbocycles. The first-order valence-corrected chi connectivity index (χ1v) is 8.32. The number of anilines is 2. The zero-order valence-electron chi connectivity index (χ0n) is 12.5. The molecular formula is C14H24N4O2S. The first-order chi connectivity index (χ1) is 10.1. The summed E-state index contributed by atoms with van der Waals surface area (Å²) in [4.78, 5) is 21.2. The number of thiazole rings is 1. The highest BCUT2D eigenvalue weighted by Crippen LogP contribution is 2.31. The number of nitrogen functional groups attached to an aromatic ring is 1. The number of carbonyl (C=O) groups excluding carboxylic acids is 1. The van der Waals surface area contributed by atoms with Crippen LogP contribution >= 0.6 is 11.3 Å². The van der Waals surface area contributed by atoms with E-state index in [0.717, 1.165) is 37.5 Å². The average Bonchev–Trinajstić information content (AvgIpc) is 3.11. The SMILES string of the molecule is CN(CCCCCO)C(=O)c1sc(N2CCCC2)nc1N. The maximum atomic E-state index is 12.4. The summed E-state index contributed by atoms with van der Waals surface area (Å²) < 4.78 is 0. The summed E-state index contributed by atoms with van der Waals surface area (Å²) in [7, 11) is 1.79. The van der Waals surface area contributed by atoms with Crippen LogP contribution in [0.25, 0.3) is 0 Å². The van der Waals surface area contributed by atoms with Crippen LogP contribution in [0.2, 0.25) is 0 Å². The van der Waals surface area contributed by atoms with E-state index in [1.165, 1.54) is 24.2 Å². The zero-order chi connectivity index (χ0) is 15.2. The van der Waals surface area contributed by atoms with Crippen LogP contribution in [0.15, 0.2) is 0 Å². The molecule has 1 aliphatic heterocycles. The second-order valence-corrected chi connectivity index (χ2v) is 6.39. The third-order valence-corrected chi connectivity index (χ3v) is 4.83. The minimum absolute atomic E-state index is 0.0561. The molecule has 0 aromatic carbocycles. The molecule has 0 atom stereocenters. The first-order valence-electron chi connectivity index (χ1n) is 7.51. The molecule has 0 bridgehead atoms. The minimum atomic E-state index is -0.0561. The second kappa shape index (κ2) is 7.61. The molecule has 2 heterocycles. The van der Waals surface area contributed by atoms with Gasteiger partial charge in [-0.05, 0) is 32.1 Å². The van der Waals surface area contributed by atoms with E-state index in [1.54, 1.807) is 11.9 Å². The van der Waals surface area contributed by atoms with Gasteiger partial charge in [0.1, 0.15) is 10.7 Å². The Morgan fingerprint density at radius 2 is 2.10 bits per heavy atom. The van der Waals surface area contributed by atoms with Gasteiger partial charge in [0.15, 0.2) is 5.13 Å². The molecule has 1 amide bonds. The predicted octanol–water partition coefficient (Wildman–Crippen LogP) is 1.56. The summed E-state index contributed by atoms with van der Waals surface area (Å²) in [6.07, 6.45) is 4.94. The lowest BCUT2D eigenvalue weighted by Gasteiger charge is -2.16. The van der Waals surface area contributed by atoms with Gasteiger partial charge in [-0.15, -0.1) is 0 Å². The van der Waals surface area contributed by atoms with Gasteiger partial charge in [-0.1, -0.05) is 11.3 Å². The van der Waals surface area contributed by atoms with Crippen LogP contribution in [0.3, 0.4) is 0 Å². The van der Waals surface area contributed by atoms with Gasteiger partial charge in [0.05, 0.1) is 0 Å². The van der Waals surface area contributed by atoms with Crippen molar-refractivity contribution in [2.45, 2.75) is 32.1 Å². The molecule has 6 nitrogen and oxygen atoms in total. The van der Waals surface area contributed by atoms with Gasteiger partial charge in [-0.2, -0.15) is 0 Å². The maximum Gasteiger partial charge on any atom is 0.267 e. The van der Waals surface area contributed by atoms with E-state index in [0.29, 0.717) is 17.2 Å². The van der Waals surface area contributed by atoms with Crippen molar-refractivity contribution in [3.05, 3.63) is 4.88 Å². The van der Waals surface area contributed by atoms with Crippen molar-refractivity contribution < 1.29 is 9.90 Å². The third kappa shape index (κ3) is 4.07. The monoisotopic (exact) mass is 312 g/mol. The van der Waals surface area contributed by atoms with Crippen molar-refractivity contribution in [3.8, 4) is 0 Å². The number of rotatable bonds is 7. The maximum absolute atomic E-state index is 12.4. The number of aliphatic hydroxyl groups excluding tert-OH is 1. The Labute approximate surface area is 129 Å². The van der Waals surface area contributed by atoms with Crippen molar-refractivity contribution in [3.63, 3.8) is 0 Å². The topological polar surface area (TPSA) is 82.7 Å². The highest BCUT2D eigenvalue weighted by Gasteiger charge is 2.23. The van der Waals surface area contributed by atoms with Gasteiger partial charge in [0.2, 0.25) is 0 Å². The highest BCUT2D eigenvalue weighted by molar-refractivity contribution is 7.18. The number of nitrogens with zero attached hydrogens (tertiary/aromatic N) is 3. The Bertz CT molecular complexity index is 472. The number of carbonyl (C=O) groups is 1. The quantitative estimate of drug-likeness (QED) is 0.747. The Hall–Kier alpha value is -1.34. The van der Waals surface area contributed by atoms with Crippen LogP contribution in [0, 0.1) is 0 Å². The van der Waals surface area contributed by atoms with Crippen molar-refractivity contribution in [1.29, 1.82) is 0 Å². The lowest BCUT2D eigenvalue weighted by molar-refractivity contribution is 0.0797.